The molecule has 2 aliphatic rings. The molecule has 0 bridgehead atoms. The predicted octanol–water partition coefficient (Wildman–Crippen LogP) is 3.34. The van der Waals surface area contributed by atoms with E-state index in [2.05, 4.69) is 4.90 Å². The Balaban J connectivity index is 1.45. The van der Waals surface area contributed by atoms with Crippen molar-refractivity contribution in [3.63, 3.8) is 0 Å². The van der Waals surface area contributed by atoms with Gasteiger partial charge in [-0.15, -0.1) is 0 Å². The minimum Gasteiger partial charge on any atom is -0.502 e. The Hall–Kier alpha value is -4.18. The summed E-state index contributed by atoms with van der Waals surface area (Å²) in [6.07, 6.45) is 0.641. The zero-order valence-corrected chi connectivity index (χ0v) is 21.4. The van der Waals surface area contributed by atoms with E-state index in [-0.39, 0.29) is 19.0 Å². The number of esters is 1. The van der Waals surface area contributed by atoms with Crippen molar-refractivity contribution in [2.75, 3.05) is 34.7 Å². The Morgan fingerprint density at radius 2 is 1.76 bits per heavy atom. The van der Waals surface area contributed by atoms with Crippen LogP contribution < -0.4 is 24.4 Å². The van der Waals surface area contributed by atoms with Crippen molar-refractivity contribution < 1.29 is 38.0 Å². The summed E-state index contributed by atoms with van der Waals surface area (Å²) < 4.78 is 32.7. The van der Waals surface area contributed by atoms with E-state index in [1.54, 1.807) is 32.4 Å². The van der Waals surface area contributed by atoms with Gasteiger partial charge in [-0.05, 0) is 47.4 Å². The molecule has 0 saturated heterocycles. The van der Waals surface area contributed by atoms with E-state index in [1.165, 1.54) is 18.7 Å². The van der Waals surface area contributed by atoms with Gasteiger partial charge in [0.25, 0.3) is 0 Å². The first-order chi connectivity index (χ1) is 18.4. The van der Waals surface area contributed by atoms with Crippen LogP contribution in [-0.2, 0) is 29.0 Å². The number of benzene rings is 2. The van der Waals surface area contributed by atoms with Gasteiger partial charge in [-0.3, -0.25) is 14.5 Å². The maximum atomic E-state index is 12.8. The summed E-state index contributed by atoms with van der Waals surface area (Å²) in [5.74, 6) is 0.971. The number of methoxy groups -OCH3 is 3. The van der Waals surface area contributed by atoms with E-state index in [0.29, 0.717) is 47.4 Å². The lowest BCUT2D eigenvalue weighted by Crippen LogP contribution is -2.30. The lowest BCUT2D eigenvalue weighted by molar-refractivity contribution is -0.140. The number of carbonyl (C=O) groups excluding carboxylic acids is 1. The largest absolute Gasteiger partial charge is 0.502 e. The van der Waals surface area contributed by atoms with Crippen LogP contribution in [0, 0.1) is 0 Å². The highest BCUT2D eigenvalue weighted by atomic mass is 16.7. The second kappa shape index (κ2) is 10.7. The molecule has 1 aromatic heterocycles. The summed E-state index contributed by atoms with van der Waals surface area (Å²) in [5, 5.41) is 10.7. The molecule has 1 unspecified atom stereocenters. The Morgan fingerprint density at radius 1 is 1.03 bits per heavy atom. The molecule has 3 heterocycles. The Kier molecular flexibility index (Phi) is 7.15. The Morgan fingerprint density at radius 3 is 2.50 bits per heavy atom. The molecule has 10 heteroatoms. The highest BCUT2D eigenvalue weighted by Crippen LogP contribution is 2.40. The van der Waals surface area contributed by atoms with Crippen LogP contribution >= 0.6 is 0 Å². The van der Waals surface area contributed by atoms with Crippen molar-refractivity contribution >= 4 is 5.97 Å². The van der Waals surface area contributed by atoms with Crippen molar-refractivity contribution in [2.24, 2.45) is 0 Å². The molecular formula is C28H29NO9. The molecule has 200 valence electrons. The fourth-order valence-corrected chi connectivity index (χ4v) is 4.91. The van der Waals surface area contributed by atoms with Gasteiger partial charge in [-0.25, -0.2) is 0 Å². The second-order valence-electron chi connectivity index (χ2n) is 9.17. The van der Waals surface area contributed by atoms with Crippen LogP contribution in [0.4, 0.5) is 0 Å². The Labute approximate surface area is 219 Å². The van der Waals surface area contributed by atoms with Crippen molar-refractivity contribution in [3.8, 4) is 28.7 Å². The maximum absolute atomic E-state index is 12.8. The van der Waals surface area contributed by atoms with Crippen molar-refractivity contribution in [2.45, 2.75) is 31.8 Å². The van der Waals surface area contributed by atoms with Crippen LogP contribution in [0.3, 0.4) is 0 Å². The van der Waals surface area contributed by atoms with Gasteiger partial charge < -0.3 is 33.2 Å². The van der Waals surface area contributed by atoms with E-state index in [4.69, 9.17) is 28.1 Å². The topological polar surface area (TPSA) is 117 Å². The first-order valence-electron chi connectivity index (χ1n) is 12.2. The highest BCUT2D eigenvalue weighted by molar-refractivity contribution is 5.71. The van der Waals surface area contributed by atoms with E-state index in [0.717, 1.165) is 18.5 Å². The van der Waals surface area contributed by atoms with E-state index in [9.17, 15) is 14.7 Å². The smallest absolute Gasteiger partial charge is 0.306 e. The van der Waals surface area contributed by atoms with Gasteiger partial charge in [0.05, 0.1) is 40.2 Å². The minimum atomic E-state index is -0.775. The third kappa shape index (κ3) is 4.99. The van der Waals surface area contributed by atoms with Gasteiger partial charge in [0, 0.05) is 19.2 Å². The molecule has 38 heavy (non-hydrogen) atoms. The van der Waals surface area contributed by atoms with Crippen LogP contribution in [0.5, 0.6) is 28.7 Å². The summed E-state index contributed by atoms with van der Waals surface area (Å²) in [4.78, 5) is 27.3. The fraction of sp³-hybridized carbons (Fsp3) is 0.357. The number of hydrogen-bond donors (Lipinski definition) is 1. The monoisotopic (exact) mass is 523 g/mol. The van der Waals surface area contributed by atoms with Crippen molar-refractivity contribution in [1.82, 2.24) is 4.90 Å². The average molecular weight is 524 g/mol. The first-order valence-corrected chi connectivity index (χ1v) is 12.2. The van der Waals surface area contributed by atoms with Gasteiger partial charge in [-0.2, -0.15) is 0 Å². The second-order valence-corrected chi connectivity index (χ2v) is 9.17. The molecule has 0 spiro atoms. The molecule has 0 fully saturated rings. The third-order valence-electron chi connectivity index (χ3n) is 6.89. The van der Waals surface area contributed by atoms with Crippen molar-refractivity contribution in [3.05, 3.63) is 74.8 Å². The maximum Gasteiger partial charge on any atom is 0.306 e. The van der Waals surface area contributed by atoms with E-state index >= 15 is 0 Å². The molecule has 2 aliphatic heterocycles. The van der Waals surface area contributed by atoms with Gasteiger partial charge in [0.1, 0.15) is 5.76 Å². The van der Waals surface area contributed by atoms with Gasteiger partial charge in [0.2, 0.25) is 18.0 Å². The van der Waals surface area contributed by atoms with E-state index < -0.39 is 23.1 Å². The van der Waals surface area contributed by atoms with E-state index in [1.807, 2.05) is 12.1 Å². The normalized spacial score (nSPS) is 15.0. The zero-order valence-electron chi connectivity index (χ0n) is 21.4. The molecule has 3 aromatic rings. The van der Waals surface area contributed by atoms with Gasteiger partial charge in [0.15, 0.2) is 28.8 Å². The van der Waals surface area contributed by atoms with Gasteiger partial charge in [-0.1, -0.05) is 6.07 Å². The average Bonchev–Trinajstić information content (AvgIpc) is 3.40. The van der Waals surface area contributed by atoms with Crippen LogP contribution in [-0.4, -0.2) is 50.6 Å². The lowest BCUT2D eigenvalue weighted by Gasteiger charge is -2.29. The number of fused-ring (bicyclic) bond motifs is 2. The van der Waals surface area contributed by atoms with Gasteiger partial charge >= 0.3 is 5.97 Å². The van der Waals surface area contributed by atoms with Crippen LogP contribution in [0.1, 0.15) is 40.5 Å². The molecule has 0 saturated carbocycles. The summed E-state index contributed by atoms with van der Waals surface area (Å²) in [6, 6.07) is 10.4. The first kappa shape index (κ1) is 25.5. The molecule has 10 nitrogen and oxygen atoms in total. The molecule has 1 N–H and O–H groups in total. The van der Waals surface area contributed by atoms with Crippen molar-refractivity contribution in [1.29, 1.82) is 0 Å². The van der Waals surface area contributed by atoms with Crippen LogP contribution in [0.15, 0.2) is 45.6 Å². The number of aromatic hydroxyl groups is 1. The molecular weight excluding hydrogens is 494 g/mol. The summed E-state index contributed by atoms with van der Waals surface area (Å²) in [7, 11) is 4.49. The zero-order chi connectivity index (χ0) is 26.8. The molecule has 1 atom stereocenters. The molecule has 0 radical (unpaired) electrons. The lowest BCUT2D eigenvalue weighted by atomic mass is 9.92. The number of hydrogen-bond acceptors (Lipinski definition) is 10. The number of nitrogens with zero attached hydrogens (tertiary/aromatic N) is 1. The predicted molar refractivity (Wildman–Crippen MR) is 135 cm³/mol. The fourth-order valence-electron chi connectivity index (χ4n) is 4.91. The summed E-state index contributed by atoms with van der Waals surface area (Å²) in [6.45, 7) is 1.77. The molecule has 5 rings (SSSR count). The third-order valence-corrected chi connectivity index (χ3v) is 6.89. The minimum absolute atomic E-state index is 0.000537. The quantitative estimate of drug-likeness (QED) is 0.441. The SMILES string of the molecule is COC(=O)CC(c1ccc2c(c1)OCO2)c1oc(CN2CCc3cc(OC)c(OC)cc3C2)cc(=O)c1O. The number of ether oxygens (including phenoxy) is 5. The van der Waals surface area contributed by atoms with Crippen LogP contribution in [0.2, 0.25) is 0 Å². The summed E-state index contributed by atoms with van der Waals surface area (Å²) in [5.41, 5.74) is 2.30. The standard InChI is InChI=1S/C28H29NO9/c1-33-23-8-16-6-7-29(13-18(16)10-24(23)34-2)14-19-11-21(30)27(32)28(38-19)20(12-26(31)35-3)17-4-5-22-25(9-17)37-15-36-22/h4-5,8-11,20,32H,6-7,12-15H2,1-3H3. The number of carbonyl (C=O) groups is 1. The molecule has 2 aromatic carbocycles. The molecule has 0 aliphatic carbocycles. The van der Waals surface area contributed by atoms with Crippen LogP contribution in [0.25, 0.3) is 0 Å². The highest BCUT2D eigenvalue weighted by Gasteiger charge is 2.29. The number of rotatable bonds is 8. The Bertz CT molecular complexity index is 1410. The molecule has 0 amide bonds. The summed E-state index contributed by atoms with van der Waals surface area (Å²) >= 11 is 0.